The summed E-state index contributed by atoms with van der Waals surface area (Å²) in [5.74, 6) is 0.839. The van der Waals surface area contributed by atoms with Gasteiger partial charge in [-0.15, -0.1) is 24.0 Å². The number of guanidine groups is 1. The maximum absolute atomic E-state index is 4.64. The van der Waals surface area contributed by atoms with E-state index in [0.717, 1.165) is 25.6 Å². The highest BCUT2D eigenvalue weighted by molar-refractivity contribution is 14.0. The number of thiophene rings is 1. The Morgan fingerprint density at radius 2 is 2.04 bits per heavy atom. The van der Waals surface area contributed by atoms with E-state index in [2.05, 4.69) is 68.7 Å². The topological polar surface area (TPSA) is 54.2 Å². The van der Waals surface area contributed by atoms with E-state index < -0.39 is 0 Å². The van der Waals surface area contributed by atoms with E-state index in [1.165, 1.54) is 16.7 Å². The fraction of sp³-hybridized carbons (Fsp3) is 0.263. The number of halogens is 1. The van der Waals surface area contributed by atoms with Crippen molar-refractivity contribution in [3.63, 3.8) is 0 Å². The molecule has 2 aromatic heterocycles. The number of nitrogens with one attached hydrogen (secondary N) is 2. The molecule has 2 N–H and O–H groups in total. The SMILES string of the molecule is CCNC(=NCc1ccsc1)NCc1cccc(Cn2cccn2)c1.I. The Labute approximate surface area is 175 Å². The van der Waals surface area contributed by atoms with Crippen molar-refractivity contribution in [3.05, 3.63) is 76.2 Å². The van der Waals surface area contributed by atoms with Gasteiger partial charge in [-0.3, -0.25) is 4.68 Å². The molecule has 0 saturated carbocycles. The molecule has 0 aliphatic rings. The molecule has 1 aromatic carbocycles. The van der Waals surface area contributed by atoms with Crippen molar-refractivity contribution in [2.75, 3.05) is 6.54 Å². The number of aliphatic imine (C=N–C) groups is 1. The molecule has 0 saturated heterocycles. The van der Waals surface area contributed by atoms with Gasteiger partial charge in [0.15, 0.2) is 5.96 Å². The van der Waals surface area contributed by atoms with E-state index in [9.17, 15) is 0 Å². The van der Waals surface area contributed by atoms with Crippen LogP contribution in [0, 0.1) is 0 Å². The van der Waals surface area contributed by atoms with Crippen LogP contribution in [0.25, 0.3) is 0 Å². The first kappa shape index (κ1) is 20.4. The van der Waals surface area contributed by atoms with Crippen LogP contribution in [0.1, 0.15) is 23.6 Å². The van der Waals surface area contributed by atoms with E-state index in [1.54, 1.807) is 17.5 Å². The molecule has 3 rings (SSSR count). The molecule has 138 valence electrons. The van der Waals surface area contributed by atoms with Crippen LogP contribution in [0.5, 0.6) is 0 Å². The summed E-state index contributed by atoms with van der Waals surface area (Å²) in [6, 6.07) is 12.6. The average Bonchev–Trinajstić information content (AvgIpc) is 3.31. The lowest BCUT2D eigenvalue weighted by atomic mass is 10.1. The van der Waals surface area contributed by atoms with Gasteiger partial charge in [-0.2, -0.15) is 16.4 Å². The number of rotatable bonds is 7. The summed E-state index contributed by atoms with van der Waals surface area (Å²) in [5.41, 5.74) is 3.71. The van der Waals surface area contributed by atoms with Crippen molar-refractivity contribution < 1.29 is 0 Å². The third-order valence-corrected chi connectivity index (χ3v) is 4.43. The summed E-state index contributed by atoms with van der Waals surface area (Å²) in [7, 11) is 0. The van der Waals surface area contributed by atoms with Gasteiger partial charge in [-0.1, -0.05) is 24.3 Å². The van der Waals surface area contributed by atoms with Crippen molar-refractivity contribution in [2.24, 2.45) is 4.99 Å². The van der Waals surface area contributed by atoms with Gasteiger partial charge < -0.3 is 10.6 Å². The van der Waals surface area contributed by atoms with Gasteiger partial charge in [0.05, 0.1) is 13.1 Å². The second-order valence-corrected chi connectivity index (χ2v) is 6.48. The zero-order valence-corrected chi connectivity index (χ0v) is 17.9. The van der Waals surface area contributed by atoms with Crippen molar-refractivity contribution in [3.8, 4) is 0 Å². The molecule has 26 heavy (non-hydrogen) atoms. The van der Waals surface area contributed by atoms with Crippen molar-refractivity contribution in [1.29, 1.82) is 0 Å². The van der Waals surface area contributed by atoms with Gasteiger partial charge in [-0.25, -0.2) is 4.99 Å². The lowest BCUT2D eigenvalue weighted by molar-refractivity contribution is 0.685. The molecule has 0 bridgehead atoms. The Kier molecular flexibility index (Phi) is 8.63. The molecule has 0 spiro atoms. The van der Waals surface area contributed by atoms with Crippen LogP contribution in [-0.4, -0.2) is 22.3 Å². The molecule has 0 radical (unpaired) electrons. The highest BCUT2D eigenvalue weighted by Gasteiger charge is 2.01. The van der Waals surface area contributed by atoms with Crippen LogP contribution in [0.3, 0.4) is 0 Å². The summed E-state index contributed by atoms with van der Waals surface area (Å²) in [6.45, 7) is 5.13. The van der Waals surface area contributed by atoms with E-state index in [0.29, 0.717) is 6.54 Å². The number of aromatic nitrogens is 2. The van der Waals surface area contributed by atoms with Gasteiger partial charge in [0.1, 0.15) is 0 Å². The third kappa shape index (κ3) is 6.45. The van der Waals surface area contributed by atoms with Crippen molar-refractivity contribution in [2.45, 2.75) is 26.6 Å². The maximum atomic E-state index is 4.64. The average molecular weight is 481 g/mol. The molecular weight excluding hydrogens is 457 g/mol. The first-order chi connectivity index (χ1) is 12.3. The fourth-order valence-electron chi connectivity index (χ4n) is 2.50. The maximum Gasteiger partial charge on any atom is 0.191 e. The largest absolute Gasteiger partial charge is 0.357 e. The molecule has 3 aromatic rings. The molecule has 0 aliphatic carbocycles. The summed E-state index contributed by atoms with van der Waals surface area (Å²) < 4.78 is 1.93. The van der Waals surface area contributed by atoms with Gasteiger partial charge in [0.25, 0.3) is 0 Å². The Bertz CT molecular complexity index is 784. The van der Waals surface area contributed by atoms with Crippen LogP contribution >= 0.6 is 35.3 Å². The lowest BCUT2D eigenvalue weighted by Crippen LogP contribution is -2.36. The van der Waals surface area contributed by atoms with Crippen LogP contribution in [0.4, 0.5) is 0 Å². The van der Waals surface area contributed by atoms with Gasteiger partial charge in [0.2, 0.25) is 0 Å². The second kappa shape index (κ2) is 11.0. The summed E-state index contributed by atoms with van der Waals surface area (Å²) in [5, 5.41) is 15.2. The molecule has 7 heteroatoms. The Balaban J connectivity index is 0.00000243. The van der Waals surface area contributed by atoms with Crippen LogP contribution in [0.15, 0.2) is 64.5 Å². The van der Waals surface area contributed by atoms with Crippen LogP contribution in [-0.2, 0) is 19.6 Å². The van der Waals surface area contributed by atoms with Gasteiger partial charge in [-0.05, 0) is 46.5 Å². The molecule has 0 unspecified atom stereocenters. The minimum absolute atomic E-state index is 0. The van der Waals surface area contributed by atoms with Gasteiger partial charge in [0, 0.05) is 25.5 Å². The normalized spacial score (nSPS) is 11.0. The van der Waals surface area contributed by atoms with Crippen molar-refractivity contribution in [1.82, 2.24) is 20.4 Å². The molecule has 5 nitrogen and oxygen atoms in total. The van der Waals surface area contributed by atoms with E-state index in [1.807, 2.05) is 16.9 Å². The van der Waals surface area contributed by atoms with Crippen LogP contribution in [0.2, 0.25) is 0 Å². The van der Waals surface area contributed by atoms with E-state index in [-0.39, 0.29) is 24.0 Å². The summed E-state index contributed by atoms with van der Waals surface area (Å²) in [6.07, 6.45) is 3.78. The molecule has 0 aliphatic heterocycles. The summed E-state index contributed by atoms with van der Waals surface area (Å²) >= 11 is 1.70. The molecular formula is C19H24IN5S. The minimum atomic E-state index is 0. The van der Waals surface area contributed by atoms with E-state index in [4.69, 9.17) is 0 Å². The third-order valence-electron chi connectivity index (χ3n) is 3.70. The Morgan fingerprint density at radius 3 is 2.77 bits per heavy atom. The molecule has 2 heterocycles. The first-order valence-corrected chi connectivity index (χ1v) is 9.36. The highest BCUT2D eigenvalue weighted by atomic mass is 127. The highest BCUT2D eigenvalue weighted by Crippen LogP contribution is 2.08. The Morgan fingerprint density at radius 1 is 1.15 bits per heavy atom. The standard InChI is InChI=1S/C19H23N5S.HI/c1-2-20-19(22-13-18-7-10-25-15-18)21-12-16-5-3-6-17(11-16)14-24-9-4-8-23-24;/h3-11,15H,2,12-14H2,1H3,(H2,20,21,22);1H. The smallest absolute Gasteiger partial charge is 0.191 e. The quantitative estimate of drug-likeness (QED) is 0.306. The zero-order chi connectivity index (χ0) is 17.3. The summed E-state index contributed by atoms with van der Waals surface area (Å²) in [4.78, 5) is 4.64. The molecule has 0 fully saturated rings. The first-order valence-electron chi connectivity index (χ1n) is 8.42. The number of hydrogen-bond donors (Lipinski definition) is 2. The second-order valence-electron chi connectivity index (χ2n) is 5.70. The predicted octanol–water partition coefficient (Wildman–Crippen LogP) is 3.87. The lowest BCUT2D eigenvalue weighted by Gasteiger charge is -2.12. The van der Waals surface area contributed by atoms with Crippen LogP contribution < -0.4 is 10.6 Å². The molecule has 0 atom stereocenters. The number of nitrogens with zero attached hydrogens (tertiary/aromatic N) is 3. The van der Waals surface area contributed by atoms with Crippen molar-refractivity contribution >= 4 is 41.3 Å². The monoisotopic (exact) mass is 481 g/mol. The fourth-order valence-corrected chi connectivity index (χ4v) is 3.16. The zero-order valence-electron chi connectivity index (χ0n) is 14.8. The van der Waals surface area contributed by atoms with E-state index >= 15 is 0 Å². The number of benzene rings is 1. The Hall–Kier alpha value is -1.87. The molecule has 0 amide bonds. The minimum Gasteiger partial charge on any atom is -0.357 e. The number of hydrogen-bond acceptors (Lipinski definition) is 3. The van der Waals surface area contributed by atoms with Gasteiger partial charge >= 0.3 is 0 Å². The predicted molar refractivity (Wildman–Crippen MR) is 119 cm³/mol.